The van der Waals surface area contributed by atoms with Crippen LogP contribution in [0.1, 0.15) is 31.7 Å². The smallest absolute Gasteiger partial charge is 0.0561 e. The summed E-state index contributed by atoms with van der Waals surface area (Å²) in [5.41, 5.74) is 5.13. The maximum Gasteiger partial charge on any atom is 0.0561 e. The topological polar surface area (TPSA) is 24.4 Å². The molecule has 0 amide bonds. The van der Waals surface area contributed by atoms with Gasteiger partial charge >= 0.3 is 0 Å². The van der Waals surface area contributed by atoms with E-state index < -0.39 is 0 Å². The molecule has 110 valence electrons. The normalized spacial score (nSPS) is 10.9. The third kappa shape index (κ3) is 6.05. The molecule has 2 nitrogen and oxygen atoms in total. The highest BCUT2D eigenvalue weighted by Gasteiger charge is 1.94. The number of hydrogen-bond donors (Lipinski definition) is 1. The van der Waals surface area contributed by atoms with Gasteiger partial charge in [-0.05, 0) is 42.0 Å². The van der Waals surface area contributed by atoms with Crippen molar-refractivity contribution >= 4 is 23.7 Å². The molecule has 2 rings (SSSR count). The first-order valence-corrected chi connectivity index (χ1v) is 8.44. The summed E-state index contributed by atoms with van der Waals surface area (Å²) in [5, 5.41) is 4.25. The zero-order valence-electron chi connectivity index (χ0n) is 12.5. The number of thioether (sulfide) groups is 1. The van der Waals surface area contributed by atoms with E-state index in [1.54, 1.807) is 0 Å². The van der Waals surface area contributed by atoms with E-state index in [4.69, 9.17) is 0 Å². The van der Waals surface area contributed by atoms with Gasteiger partial charge in [-0.2, -0.15) is 5.10 Å². The van der Waals surface area contributed by atoms with Gasteiger partial charge in [-0.15, -0.1) is 11.8 Å². The molecule has 21 heavy (non-hydrogen) atoms. The average molecular weight is 298 g/mol. The van der Waals surface area contributed by atoms with Crippen LogP contribution in [0, 0.1) is 0 Å². The minimum Gasteiger partial charge on any atom is -0.279 e. The monoisotopic (exact) mass is 298 g/mol. The Bertz CT molecular complexity index is 535. The number of para-hydroxylation sites is 1. The van der Waals surface area contributed by atoms with Crippen LogP contribution in [0.4, 0.5) is 5.69 Å². The van der Waals surface area contributed by atoms with Crippen molar-refractivity contribution in [2.75, 3.05) is 11.2 Å². The van der Waals surface area contributed by atoms with E-state index in [9.17, 15) is 0 Å². The standard InChI is InChI=1S/C18H22N2S/c1-2-3-7-14-21-18-12-10-16(11-13-18)15-19-20-17-8-5-4-6-9-17/h4-6,8-13,15,20H,2-3,7,14H2,1H3. The van der Waals surface area contributed by atoms with Gasteiger partial charge in [0.25, 0.3) is 0 Å². The van der Waals surface area contributed by atoms with Crippen LogP contribution in [0.5, 0.6) is 0 Å². The summed E-state index contributed by atoms with van der Waals surface area (Å²) in [7, 11) is 0. The molecule has 2 aromatic carbocycles. The van der Waals surface area contributed by atoms with Crippen molar-refractivity contribution in [1.82, 2.24) is 0 Å². The van der Waals surface area contributed by atoms with Gasteiger partial charge in [-0.1, -0.05) is 50.1 Å². The molecular formula is C18H22N2S. The molecule has 0 radical (unpaired) electrons. The lowest BCUT2D eigenvalue weighted by Gasteiger charge is -2.02. The van der Waals surface area contributed by atoms with Gasteiger partial charge in [-0.3, -0.25) is 5.43 Å². The summed E-state index contributed by atoms with van der Waals surface area (Å²) >= 11 is 1.93. The molecule has 0 saturated heterocycles. The average Bonchev–Trinajstić information content (AvgIpc) is 2.54. The number of unbranched alkanes of at least 4 members (excludes halogenated alkanes) is 2. The van der Waals surface area contributed by atoms with Gasteiger partial charge in [0.1, 0.15) is 0 Å². The van der Waals surface area contributed by atoms with Gasteiger partial charge in [0.15, 0.2) is 0 Å². The molecule has 2 aromatic rings. The van der Waals surface area contributed by atoms with Gasteiger partial charge in [-0.25, -0.2) is 0 Å². The molecule has 1 N–H and O–H groups in total. The molecule has 3 heteroatoms. The van der Waals surface area contributed by atoms with Gasteiger partial charge in [0, 0.05) is 4.90 Å². The maximum absolute atomic E-state index is 4.25. The Morgan fingerprint density at radius 2 is 1.76 bits per heavy atom. The molecule has 0 aromatic heterocycles. The third-order valence-electron chi connectivity index (χ3n) is 3.08. The second-order valence-corrected chi connectivity index (χ2v) is 6.03. The molecule has 0 aliphatic rings. The predicted molar refractivity (Wildman–Crippen MR) is 94.3 cm³/mol. The van der Waals surface area contributed by atoms with E-state index >= 15 is 0 Å². The zero-order chi connectivity index (χ0) is 14.8. The van der Waals surface area contributed by atoms with Crippen LogP contribution in [-0.2, 0) is 0 Å². The molecule has 0 saturated carbocycles. The fourth-order valence-electron chi connectivity index (χ4n) is 1.89. The molecule has 0 fully saturated rings. The predicted octanol–water partition coefficient (Wildman–Crippen LogP) is 5.41. The number of nitrogens with one attached hydrogen (secondary N) is 1. The Morgan fingerprint density at radius 3 is 2.48 bits per heavy atom. The Labute approximate surface area is 131 Å². The Morgan fingerprint density at radius 1 is 1.00 bits per heavy atom. The number of anilines is 1. The highest BCUT2D eigenvalue weighted by Crippen LogP contribution is 2.19. The Hall–Kier alpha value is -1.74. The molecule has 0 aliphatic heterocycles. The first-order valence-electron chi connectivity index (χ1n) is 7.45. The first-order chi connectivity index (χ1) is 10.4. The minimum absolute atomic E-state index is 0.997. The first kappa shape index (κ1) is 15.6. The quantitative estimate of drug-likeness (QED) is 0.305. The van der Waals surface area contributed by atoms with Crippen molar-refractivity contribution in [2.24, 2.45) is 5.10 Å². The van der Waals surface area contributed by atoms with Gasteiger partial charge in [0.05, 0.1) is 11.9 Å². The zero-order valence-corrected chi connectivity index (χ0v) is 13.3. The van der Waals surface area contributed by atoms with Crippen LogP contribution in [-0.4, -0.2) is 12.0 Å². The van der Waals surface area contributed by atoms with Crippen LogP contribution < -0.4 is 5.43 Å². The SMILES string of the molecule is CCCCCSc1ccc(C=NNc2ccccc2)cc1. The summed E-state index contributed by atoms with van der Waals surface area (Å²) in [6, 6.07) is 18.5. The molecular weight excluding hydrogens is 276 g/mol. The minimum atomic E-state index is 0.997. The van der Waals surface area contributed by atoms with Gasteiger partial charge < -0.3 is 0 Å². The van der Waals surface area contributed by atoms with Crippen LogP contribution >= 0.6 is 11.8 Å². The fourth-order valence-corrected chi connectivity index (χ4v) is 2.80. The van der Waals surface area contributed by atoms with E-state index in [0.29, 0.717) is 0 Å². The number of hydrazone groups is 1. The maximum atomic E-state index is 4.25. The number of rotatable bonds is 8. The lowest BCUT2D eigenvalue weighted by molar-refractivity contribution is 0.778. The van der Waals surface area contributed by atoms with Crippen molar-refractivity contribution < 1.29 is 0 Å². The highest BCUT2D eigenvalue weighted by atomic mass is 32.2. The summed E-state index contributed by atoms with van der Waals surface area (Å²) in [4.78, 5) is 1.33. The number of hydrogen-bond acceptors (Lipinski definition) is 3. The number of nitrogens with zero attached hydrogens (tertiary/aromatic N) is 1. The largest absolute Gasteiger partial charge is 0.279 e. The van der Waals surface area contributed by atoms with Crippen molar-refractivity contribution in [2.45, 2.75) is 31.1 Å². The third-order valence-corrected chi connectivity index (χ3v) is 4.18. The van der Waals surface area contributed by atoms with E-state index in [-0.39, 0.29) is 0 Å². The lowest BCUT2D eigenvalue weighted by Crippen LogP contribution is -1.90. The second-order valence-electron chi connectivity index (χ2n) is 4.86. The molecule has 0 atom stereocenters. The number of benzene rings is 2. The van der Waals surface area contributed by atoms with Crippen molar-refractivity contribution in [1.29, 1.82) is 0 Å². The van der Waals surface area contributed by atoms with Crippen LogP contribution in [0.3, 0.4) is 0 Å². The molecule has 0 aliphatic carbocycles. The van der Waals surface area contributed by atoms with Crippen molar-refractivity contribution in [3.63, 3.8) is 0 Å². The second kappa shape index (κ2) is 9.24. The van der Waals surface area contributed by atoms with E-state index in [1.165, 1.54) is 29.9 Å². The molecule has 0 bridgehead atoms. The molecule has 0 spiro atoms. The lowest BCUT2D eigenvalue weighted by atomic mass is 10.2. The summed E-state index contributed by atoms with van der Waals surface area (Å²) in [6.45, 7) is 2.24. The van der Waals surface area contributed by atoms with E-state index in [2.05, 4.69) is 41.7 Å². The van der Waals surface area contributed by atoms with Crippen LogP contribution in [0.2, 0.25) is 0 Å². The summed E-state index contributed by atoms with van der Waals surface area (Å²) in [6.07, 6.45) is 5.75. The highest BCUT2D eigenvalue weighted by molar-refractivity contribution is 7.99. The Balaban J connectivity index is 1.79. The Kier molecular flexibility index (Phi) is 6.89. The molecule has 0 unspecified atom stereocenters. The van der Waals surface area contributed by atoms with Crippen LogP contribution in [0.25, 0.3) is 0 Å². The van der Waals surface area contributed by atoms with Crippen molar-refractivity contribution in [3.8, 4) is 0 Å². The summed E-state index contributed by atoms with van der Waals surface area (Å²) in [5.74, 6) is 1.21. The van der Waals surface area contributed by atoms with Crippen LogP contribution in [0.15, 0.2) is 64.6 Å². The van der Waals surface area contributed by atoms with Gasteiger partial charge in [0.2, 0.25) is 0 Å². The molecule has 0 heterocycles. The van der Waals surface area contributed by atoms with E-state index in [1.807, 2.05) is 48.3 Å². The van der Waals surface area contributed by atoms with Crippen molar-refractivity contribution in [3.05, 3.63) is 60.2 Å². The van der Waals surface area contributed by atoms with E-state index in [0.717, 1.165) is 11.3 Å². The fraction of sp³-hybridized carbons (Fsp3) is 0.278. The summed E-state index contributed by atoms with van der Waals surface area (Å²) < 4.78 is 0.